The standard InChI is InChI=1S/C26H33F4N3O4S/c1-5-18(2)31-25(35)19(3)32(17-20-11-13-22(27)14-12-20)24(34)10-7-15-33(38(4,36)37)23-9-6-8-21(16-23)26(28,29)30/h6,8-9,11-14,16,18-19H,5,7,10,15,17H2,1-4H3,(H,31,35)/t18-,19-/m1/s1. The Kier molecular flexibility index (Phi) is 10.7. The predicted molar refractivity (Wildman–Crippen MR) is 137 cm³/mol. The highest BCUT2D eigenvalue weighted by molar-refractivity contribution is 7.92. The van der Waals surface area contributed by atoms with Gasteiger partial charge in [0.25, 0.3) is 0 Å². The molecule has 7 nitrogen and oxygen atoms in total. The fourth-order valence-electron chi connectivity index (χ4n) is 3.68. The molecule has 0 fully saturated rings. The van der Waals surface area contributed by atoms with E-state index in [0.29, 0.717) is 12.0 Å². The van der Waals surface area contributed by atoms with Crippen molar-refractivity contribution < 1.29 is 35.6 Å². The molecule has 1 N–H and O–H groups in total. The van der Waals surface area contributed by atoms with Crippen LogP contribution in [0.4, 0.5) is 23.2 Å². The zero-order valence-corrected chi connectivity index (χ0v) is 22.6. The van der Waals surface area contributed by atoms with Crippen molar-refractivity contribution in [1.29, 1.82) is 0 Å². The molecule has 2 atom stereocenters. The number of benzene rings is 2. The third-order valence-electron chi connectivity index (χ3n) is 6.05. The van der Waals surface area contributed by atoms with Crippen LogP contribution in [0, 0.1) is 5.82 Å². The molecule has 210 valence electrons. The van der Waals surface area contributed by atoms with Crippen molar-refractivity contribution in [2.75, 3.05) is 17.1 Å². The number of carbonyl (C=O) groups is 2. The molecular formula is C26H33F4N3O4S. The van der Waals surface area contributed by atoms with Gasteiger partial charge in [-0.15, -0.1) is 0 Å². The number of halogens is 4. The molecular weight excluding hydrogens is 526 g/mol. The Morgan fingerprint density at radius 2 is 1.68 bits per heavy atom. The van der Waals surface area contributed by atoms with E-state index < -0.39 is 39.5 Å². The van der Waals surface area contributed by atoms with Crippen LogP contribution in [0.2, 0.25) is 0 Å². The van der Waals surface area contributed by atoms with Gasteiger partial charge in [-0.05, 0) is 62.6 Å². The lowest BCUT2D eigenvalue weighted by molar-refractivity contribution is -0.140. The van der Waals surface area contributed by atoms with E-state index >= 15 is 0 Å². The summed E-state index contributed by atoms with van der Waals surface area (Å²) >= 11 is 0. The minimum Gasteiger partial charge on any atom is -0.352 e. The minimum atomic E-state index is -4.65. The largest absolute Gasteiger partial charge is 0.416 e. The monoisotopic (exact) mass is 559 g/mol. The van der Waals surface area contributed by atoms with E-state index in [2.05, 4.69) is 5.32 Å². The van der Waals surface area contributed by atoms with Crippen LogP contribution in [-0.2, 0) is 32.3 Å². The number of carbonyl (C=O) groups excluding carboxylic acids is 2. The number of hydrogen-bond donors (Lipinski definition) is 1. The van der Waals surface area contributed by atoms with Crippen LogP contribution in [-0.4, -0.2) is 50.0 Å². The number of alkyl halides is 3. The van der Waals surface area contributed by atoms with E-state index in [0.717, 1.165) is 28.8 Å². The van der Waals surface area contributed by atoms with Gasteiger partial charge in [0.05, 0.1) is 17.5 Å². The molecule has 0 spiro atoms. The highest BCUT2D eigenvalue weighted by atomic mass is 32.2. The third kappa shape index (κ3) is 9.00. The van der Waals surface area contributed by atoms with Crippen molar-refractivity contribution >= 4 is 27.5 Å². The average Bonchev–Trinajstić information content (AvgIpc) is 2.84. The number of nitrogens with zero attached hydrogens (tertiary/aromatic N) is 2. The minimum absolute atomic E-state index is 0.0115. The lowest BCUT2D eigenvalue weighted by atomic mass is 10.1. The second-order valence-corrected chi connectivity index (χ2v) is 11.0. The molecule has 0 aliphatic heterocycles. The fourth-order valence-corrected chi connectivity index (χ4v) is 4.63. The molecule has 2 rings (SSSR count). The lowest BCUT2D eigenvalue weighted by Gasteiger charge is -2.30. The Morgan fingerprint density at radius 1 is 1.05 bits per heavy atom. The van der Waals surface area contributed by atoms with Gasteiger partial charge < -0.3 is 10.2 Å². The quantitative estimate of drug-likeness (QED) is 0.381. The van der Waals surface area contributed by atoms with Crippen LogP contribution in [0.5, 0.6) is 0 Å². The molecule has 2 aromatic carbocycles. The van der Waals surface area contributed by atoms with Crippen molar-refractivity contribution in [3.8, 4) is 0 Å². The highest BCUT2D eigenvalue weighted by Gasteiger charge is 2.32. The SMILES string of the molecule is CC[C@@H](C)NC(=O)[C@@H](C)N(Cc1ccc(F)cc1)C(=O)CCCN(c1cccc(C(F)(F)F)c1)S(C)(=O)=O. The molecule has 0 saturated carbocycles. The van der Waals surface area contributed by atoms with Gasteiger partial charge in [-0.25, -0.2) is 12.8 Å². The van der Waals surface area contributed by atoms with Gasteiger partial charge >= 0.3 is 6.18 Å². The van der Waals surface area contributed by atoms with E-state index in [-0.39, 0.29) is 43.6 Å². The lowest BCUT2D eigenvalue weighted by Crippen LogP contribution is -2.49. The second-order valence-electron chi connectivity index (χ2n) is 9.13. The van der Waals surface area contributed by atoms with Gasteiger partial charge in [-0.2, -0.15) is 13.2 Å². The zero-order valence-electron chi connectivity index (χ0n) is 21.8. The van der Waals surface area contributed by atoms with Crippen molar-refractivity contribution in [2.24, 2.45) is 0 Å². The van der Waals surface area contributed by atoms with Crippen LogP contribution in [0.1, 0.15) is 51.2 Å². The Bertz CT molecular complexity index is 1200. The number of sulfonamides is 1. The van der Waals surface area contributed by atoms with Crippen LogP contribution >= 0.6 is 0 Å². The van der Waals surface area contributed by atoms with Crippen LogP contribution in [0.15, 0.2) is 48.5 Å². The maximum Gasteiger partial charge on any atom is 0.416 e. The van der Waals surface area contributed by atoms with E-state index in [1.165, 1.54) is 35.2 Å². The summed E-state index contributed by atoms with van der Waals surface area (Å²) in [5.74, 6) is -1.29. The maximum atomic E-state index is 13.4. The molecule has 0 heterocycles. The van der Waals surface area contributed by atoms with Gasteiger partial charge in [0.2, 0.25) is 21.8 Å². The summed E-state index contributed by atoms with van der Waals surface area (Å²) in [7, 11) is -3.96. The zero-order chi connectivity index (χ0) is 28.7. The summed E-state index contributed by atoms with van der Waals surface area (Å²) < 4.78 is 78.3. The third-order valence-corrected chi connectivity index (χ3v) is 7.24. The maximum absolute atomic E-state index is 13.4. The first-order chi connectivity index (χ1) is 17.6. The molecule has 0 aliphatic carbocycles. The summed E-state index contributed by atoms with van der Waals surface area (Å²) in [6.07, 6.45) is -3.28. The van der Waals surface area contributed by atoms with E-state index in [9.17, 15) is 35.6 Å². The molecule has 2 amide bonds. The smallest absolute Gasteiger partial charge is 0.352 e. The molecule has 0 aliphatic rings. The van der Waals surface area contributed by atoms with Crippen molar-refractivity contribution in [3.63, 3.8) is 0 Å². The molecule has 0 unspecified atom stereocenters. The number of nitrogens with one attached hydrogen (secondary N) is 1. The van der Waals surface area contributed by atoms with Gasteiger partial charge in [0.15, 0.2) is 0 Å². The van der Waals surface area contributed by atoms with Crippen molar-refractivity contribution in [3.05, 3.63) is 65.5 Å². The summed E-state index contributed by atoms with van der Waals surface area (Å²) in [6, 6.07) is 8.41. The number of rotatable bonds is 12. The van der Waals surface area contributed by atoms with E-state index in [1.54, 1.807) is 6.92 Å². The summed E-state index contributed by atoms with van der Waals surface area (Å²) in [5.41, 5.74) is -0.574. The van der Waals surface area contributed by atoms with E-state index in [1.807, 2.05) is 13.8 Å². The molecule has 12 heteroatoms. The molecule has 2 aromatic rings. The van der Waals surface area contributed by atoms with Crippen LogP contribution in [0.3, 0.4) is 0 Å². The first-order valence-corrected chi connectivity index (χ1v) is 14.0. The molecule has 0 radical (unpaired) electrons. The first kappa shape index (κ1) is 31.1. The average molecular weight is 560 g/mol. The van der Waals surface area contributed by atoms with Crippen LogP contribution in [0.25, 0.3) is 0 Å². The van der Waals surface area contributed by atoms with Gasteiger partial charge in [0.1, 0.15) is 11.9 Å². The van der Waals surface area contributed by atoms with Gasteiger partial charge in [0, 0.05) is 25.6 Å². The van der Waals surface area contributed by atoms with Gasteiger partial charge in [-0.1, -0.05) is 25.1 Å². The first-order valence-electron chi connectivity index (χ1n) is 12.1. The van der Waals surface area contributed by atoms with Crippen LogP contribution < -0.4 is 9.62 Å². The second kappa shape index (κ2) is 13.1. The Hall–Kier alpha value is -3.15. The summed E-state index contributed by atoms with van der Waals surface area (Å²) in [6.45, 7) is 5.05. The molecule has 0 bridgehead atoms. The number of hydrogen-bond acceptors (Lipinski definition) is 4. The Labute approximate surface area is 220 Å². The summed E-state index contributed by atoms with van der Waals surface area (Å²) in [4.78, 5) is 27.3. The highest BCUT2D eigenvalue weighted by Crippen LogP contribution is 2.32. The molecule has 0 saturated heterocycles. The van der Waals surface area contributed by atoms with E-state index in [4.69, 9.17) is 0 Å². The molecule has 0 aromatic heterocycles. The normalized spacial score (nSPS) is 13.5. The number of amides is 2. The van der Waals surface area contributed by atoms with Gasteiger partial charge in [-0.3, -0.25) is 13.9 Å². The van der Waals surface area contributed by atoms with Crippen molar-refractivity contribution in [1.82, 2.24) is 10.2 Å². The Morgan fingerprint density at radius 3 is 2.24 bits per heavy atom. The number of anilines is 1. The fraction of sp³-hybridized carbons (Fsp3) is 0.462. The molecule has 38 heavy (non-hydrogen) atoms. The predicted octanol–water partition coefficient (Wildman–Crippen LogP) is 4.72. The summed E-state index contributed by atoms with van der Waals surface area (Å²) in [5, 5.41) is 2.82. The Balaban J connectivity index is 2.21. The topological polar surface area (TPSA) is 86.8 Å². The van der Waals surface area contributed by atoms with Crippen molar-refractivity contribution in [2.45, 2.75) is 64.8 Å².